The Hall–Kier alpha value is -1.88. The number of para-hydroxylation sites is 1. The molecule has 0 bridgehead atoms. The highest BCUT2D eigenvalue weighted by molar-refractivity contribution is 6.31. The third kappa shape index (κ3) is 3.82. The predicted octanol–water partition coefficient (Wildman–Crippen LogP) is 4.98. The van der Waals surface area contributed by atoms with E-state index in [0.717, 1.165) is 11.6 Å². The van der Waals surface area contributed by atoms with Gasteiger partial charge in [0.25, 0.3) is 0 Å². The molecule has 21 heavy (non-hydrogen) atoms. The van der Waals surface area contributed by atoms with E-state index in [1.165, 1.54) is 12.1 Å². The predicted molar refractivity (Wildman–Crippen MR) is 76.8 cm³/mol. The van der Waals surface area contributed by atoms with Crippen molar-refractivity contribution in [3.8, 4) is 5.75 Å². The van der Waals surface area contributed by atoms with Crippen LogP contribution in [0.15, 0.2) is 42.5 Å². The van der Waals surface area contributed by atoms with Gasteiger partial charge in [-0.25, -0.2) is 0 Å². The number of hydrogen-bond acceptors (Lipinski definition) is 2. The van der Waals surface area contributed by atoms with Crippen molar-refractivity contribution in [3.63, 3.8) is 0 Å². The summed E-state index contributed by atoms with van der Waals surface area (Å²) in [5.74, 6) is 0.676. The fourth-order valence-electron chi connectivity index (χ4n) is 1.90. The molecule has 0 heterocycles. The van der Waals surface area contributed by atoms with Crippen LogP contribution in [0.5, 0.6) is 5.75 Å². The Kier molecular flexibility index (Phi) is 4.63. The molecule has 6 heteroatoms. The Morgan fingerprint density at radius 1 is 1.14 bits per heavy atom. The molecule has 0 unspecified atom stereocenters. The zero-order valence-electron chi connectivity index (χ0n) is 11.2. The molecule has 0 aromatic heterocycles. The number of anilines is 1. The molecule has 0 spiro atoms. The van der Waals surface area contributed by atoms with E-state index in [0.29, 0.717) is 18.0 Å². The zero-order valence-corrected chi connectivity index (χ0v) is 11.9. The molecular formula is C15H13ClF3NO. The van der Waals surface area contributed by atoms with Crippen molar-refractivity contribution < 1.29 is 17.9 Å². The number of rotatable bonds is 4. The summed E-state index contributed by atoms with van der Waals surface area (Å²) >= 11 is 5.58. The lowest BCUT2D eigenvalue weighted by atomic mass is 10.1. The smallest absolute Gasteiger partial charge is 0.417 e. The average molecular weight is 316 g/mol. The van der Waals surface area contributed by atoms with Crippen LogP contribution in [-0.2, 0) is 12.7 Å². The molecule has 112 valence electrons. The lowest BCUT2D eigenvalue weighted by molar-refractivity contribution is -0.137. The van der Waals surface area contributed by atoms with Crippen molar-refractivity contribution in [1.29, 1.82) is 0 Å². The van der Waals surface area contributed by atoms with Gasteiger partial charge >= 0.3 is 6.18 Å². The standard InChI is InChI=1S/C15H13ClF3NO/c1-21-14-5-3-2-4-10(14)9-20-11-6-7-13(16)12(8-11)15(17,18)19/h2-8,20H,9H2,1H3. The zero-order chi connectivity index (χ0) is 15.5. The number of ether oxygens (including phenoxy) is 1. The van der Waals surface area contributed by atoms with Crippen LogP contribution in [0.4, 0.5) is 18.9 Å². The largest absolute Gasteiger partial charge is 0.496 e. The van der Waals surface area contributed by atoms with E-state index in [9.17, 15) is 13.2 Å². The first-order valence-electron chi connectivity index (χ1n) is 6.14. The summed E-state index contributed by atoms with van der Waals surface area (Å²) in [4.78, 5) is 0. The van der Waals surface area contributed by atoms with Gasteiger partial charge in [-0.1, -0.05) is 29.8 Å². The molecule has 2 rings (SSSR count). The van der Waals surface area contributed by atoms with Crippen LogP contribution in [0.25, 0.3) is 0 Å². The van der Waals surface area contributed by atoms with Gasteiger partial charge in [-0.05, 0) is 24.3 Å². The van der Waals surface area contributed by atoms with Gasteiger partial charge in [0, 0.05) is 17.8 Å². The quantitative estimate of drug-likeness (QED) is 0.859. The number of methoxy groups -OCH3 is 1. The van der Waals surface area contributed by atoms with Gasteiger partial charge in [0.05, 0.1) is 17.7 Å². The number of benzene rings is 2. The molecule has 0 aliphatic carbocycles. The number of halogens is 4. The van der Waals surface area contributed by atoms with Gasteiger partial charge in [-0.3, -0.25) is 0 Å². The highest BCUT2D eigenvalue weighted by atomic mass is 35.5. The van der Waals surface area contributed by atoms with Crippen LogP contribution in [0.3, 0.4) is 0 Å². The van der Waals surface area contributed by atoms with E-state index in [1.807, 2.05) is 18.2 Å². The van der Waals surface area contributed by atoms with E-state index in [-0.39, 0.29) is 5.02 Å². The molecule has 2 aromatic rings. The maximum absolute atomic E-state index is 12.8. The minimum absolute atomic E-state index is 0.314. The van der Waals surface area contributed by atoms with E-state index in [2.05, 4.69) is 5.32 Å². The van der Waals surface area contributed by atoms with Crippen molar-refractivity contribution in [1.82, 2.24) is 0 Å². The fourth-order valence-corrected chi connectivity index (χ4v) is 2.12. The Morgan fingerprint density at radius 3 is 2.52 bits per heavy atom. The number of hydrogen-bond donors (Lipinski definition) is 1. The van der Waals surface area contributed by atoms with Gasteiger partial charge < -0.3 is 10.1 Å². The van der Waals surface area contributed by atoms with Gasteiger partial charge in [-0.2, -0.15) is 13.2 Å². The van der Waals surface area contributed by atoms with Crippen LogP contribution in [0.1, 0.15) is 11.1 Å². The van der Waals surface area contributed by atoms with Crippen LogP contribution >= 0.6 is 11.6 Å². The third-order valence-electron chi connectivity index (χ3n) is 2.95. The molecule has 0 amide bonds. The summed E-state index contributed by atoms with van der Waals surface area (Å²) in [5, 5.41) is 2.62. The second kappa shape index (κ2) is 6.26. The molecule has 0 aliphatic rings. The minimum atomic E-state index is -4.47. The minimum Gasteiger partial charge on any atom is -0.496 e. The Morgan fingerprint density at radius 2 is 1.86 bits per heavy atom. The molecule has 0 radical (unpaired) electrons. The lowest BCUT2D eigenvalue weighted by Crippen LogP contribution is -2.08. The number of nitrogens with one attached hydrogen (secondary N) is 1. The number of alkyl halides is 3. The molecule has 2 nitrogen and oxygen atoms in total. The maximum Gasteiger partial charge on any atom is 0.417 e. The molecule has 1 N–H and O–H groups in total. The molecular weight excluding hydrogens is 303 g/mol. The first-order chi connectivity index (χ1) is 9.91. The van der Waals surface area contributed by atoms with Crippen LogP contribution in [-0.4, -0.2) is 7.11 Å². The van der Waals surface area contributed by atoms with Crippen LogP contribution in [0.2, 0.25) is 5.02 Å². The Bertz CT molecular complexity index is 629. The highest BCUT2D eigenvalue weighted by Crippen LogP contribution is 2.36. The van der Waals surface area contributed by atoms with Crippen molar-refractivity contribution in [2.45, 2.75) is 12.7 Å². The Labute approximate surface area is 125 Å². The summed E-state index contributed by atoms with van der Waals surface area (Å²) in [6.07, 6.45) is -4.47. The molecule has 0 saturated carbocycles. The van der Waals surface area contributed by atoms with E-state index in [4.69, 9.17) is 16.3 Å². The van der Waals surface area contributed by atoms with Crippen molar-refractivity contribution in [2.24, 2.45) is 0 Å². The molecule has 2 aromatic carbocycles. The van der Waals surface area contributed by atoms with E-state index >= 15 is 0 Å². The first-order valence-corrected chi connectivity index (χ1v) is 6.52. The van der Waals surface area contributed by atoms with E-state index < -0.39 is 11.7 Å². The molecule has 0 aliphatic heterocycles. The van der Waals surface area contributed by atoms with Crippen molar-refractivity contribution in [2.75, 3.05) is 12.4 Å². The first kappa shape index (κ1) is 15.5. The molecule has 0 fully saturated rings. The summed E-state index contributed by atoms with van der Waals surface area (Å²) < 4.78 is 43.5. The average Bonchev–Trinajstić information content (AvgIpc) is 2.45. The van der Waals surface area contributed by atoms with Gasteiger partial charge in [0.2, 0.25) is 0 Å². The fraction of sp³-hybridized carbons (Fsp3) is 0.200. The highest BCUT2D eigenvalue weighted by Gasteiger charge is 2.33. The van der Waals surface area contributed by atoms with Crippen molar-refractivity contribution in [3.05, 3.63) is 58.6 Å². The van der Waals surface area contributed by atoms with Crippen LogP contribution in [0, 0.1) is 0 Å². The third-order valence-corrected chi connectivity index (χ3v) is 3.28. The molecule has 0 saturated heterocycles. The summed E-state index contributed by atoms with van der Waals surface area (Å²) in [5.41, 5.74) is 0.343. The topological polar surface area (TPSA) is 21.3 Å². The normalized spacial score (nSPS) is 11.3. The monoisotopic (exact) mass is 315 g/mol. The van der Waals surface area contributed by atoms with E-state index in [1.54, 1.807) is 13.2 Å². The van der Waals surface area contributed by atoms with Crippen LogP contribution < -0.4 is 10.1 Å². The van der Waals surface area contributed by atoms with Gasteiger partial charge in [0.15, 0.2) is 0 Å². The second-order valence-corrected chi connectivity index (χ2v) is 4.76. The summed E-state index contributed by atoms with van der Waals surface area (Å²) in [6.45, 7) is 0.350. The van der Waals surface area contributed by atoms with Crippen molar-refractivity contribution >= 4 is 17.3 Å². The maximum atomic E-state index is 12.8. The molecule has 0 atom stereocenters. The second-order valence-electron chi connectivity index (χ2n) is 4.36. The lowest BCUT2D eigenvalue weighted by Gasteiger charge is -2.13. The SMILES string of the molecule is COc1ccccc1CNc1ccc(Cl)c(C(F)(F)F)c1. The Balaban J connectivity index is 2.17. The summed E-state index contributed by atoms with van der Waals surface area (Å²) in [7, 11) is 1.54. The van der Waals surface area contributed by atoms with Gasteiger partial charge in [-0.15, -0.1) is 0 Å². The van der Waals surface area contributed by atoms with Gasteiger partial charge in [0.1, 0.15) is 5.75 Å². The summed E-state index contributed by atoms with van der Waals surface area (Å²) in [6, 6.07) is 11.0.